The van der Waals surface area contributed by atoms with Crippen LogP contribution in [0.3, 0.4) is 0 Å². The fourth-order valence-corrected chi connectivity index (χ4v) is 3.11. The van der Waals surface area contributed by atoms with Crippen LogP contribution in [0.2, 0.25) is 0 Å². The summed E-state index contributed by atoms with van der Waals surface area (Å²) in [6.07, 6.45) is 3.06. The highest BCUT2D eigenvalue weighted by Gasteiger charge is 2.20. The fraction of sp³-hybridized carbons (Fsp3) is 0.562. The molecular weight excluding hydrogens is 268 g/mol. The number of nitrogens with one attached hydrogen (secondary N) is 1. The molecule has 0 saturated heterocycles. The number of nitrogens with zero attached hydrogens (tertiary/aromatic N) is 1. The van der Waals surface area contributed by atoms with Crippen LogP contribution in [0.5, 0.6) is 0 Å². The maximum Gasteiger partial charge on any atom is 0.254 e. The molecular formula is C16H26N2OS. The van der Waals surface area contributed by atoms with Crippen LogP contribution < -0.4 is 5.32 Å². The monoisotopic (exact) mass is 294 g/mol. The molecule has 4 heteroatoms. The van der Waals surface area contributed by atoms with Crippen LogP contribution in [0.25, 0.3) is 0 Å². The second-order valence-corrected chi connectivity index (χ2v) is 5.90. The van der Waals surface area contributed by atoms with Crippen molar-refractivity contribution < 1.29 is 4.79 Å². The van der Waals surface area contributed by atoms with E-state index in [0.29, 0.717) is 6.04 Å². The van der Waals surface area contributed by atoms with Crippen LogP contribution >= 0.6 is 11.8 Å². The minimum atomic E-state index is 0.117. The maximum atomic E-state index is 12.6. The van der Waals surface area contributed by atoms with Crippen molar-refractivity contribution in [2.75, 3.05) is 30.9 Å². The molecule has 1 N–H and O–H groups in total. The molecule has 3 nitrogen and oxygen atoms in total. The molecule has 1 unspecified atom stereocenters. The van der Waals surface area contributed by atoms with Gasteiger partial charge in [0.2, 0.25) is 0 Å². The summed E-state index contributed by atoms with van der Waals surface area (Å²) >= 11 is 1.78. The van der Waals surface area contributed by atoms with Crippen molar-refractivity contribution in [1.29, 1.82) is 0 Å². The normalized spacial score (nSPS) is 12.1. The largest absolute Gasteiger partial charge is 0.385 e. The maximum absolute atomic E-state index is 12.6. The van der Waals surface area contributed by atoms with Crippen molar-refractivity contribution in [3.8, 4) is 0 Å². The lowest BCUT2D eigenvalue weighted by Crippen LogP contribution is -2.38. The number of thioether (sulfide) groups is 1. The standard InChI is InChI=1S/C16H26N2OS/c1-6-14(11-20-5)18(4)16(19)15-9-8-13(17-7-2)10-12(15)3/h8-10,14,17H,6-7,11H2,1-5H3. The highest BCUT2D eigenvalue weighted by Crippen LogP contribution is 2.19. The van der Waals surface area contributed by atoms with E-state index >= 15 is 0 Å². The molecule has 20 heavy (non-hydrogen) atoms. The van der Waals surface area contributed by atoms with E-state index < -0.39 is 0 Å². The number of benzene rings is 1. The third kappa shape index (κ3) is 4.17. The first kappa shape index (κ1) is 16.9. The summed E-state index contributed by atoms with van der Waals surface area (Å²) in [4.78, 5) is 14.5. The van der Waals surface area contributed by atoms with Crippen LogP contribution in [-0.4, -0.2) is 42.4 Å². The van der Waals surface area contributed by atoms with Gasteiger partial charge in [-0.05, 0) is 50.3 Å². The lowest BCUT2D eigenvalue weighted by Gasteiger charge is -2.27. The number of hydrogen-bond donors (Lipinski definition) is 1. The quantitative estimate of drug-likeness (QED) is 0.833. The van der Waals surface area contributed by atoms with Gasteiger partial charge in [0.05, 0.1) is 0 Å². The average Bonchev–Trinajstić information content (AvgIpc) is 2.44. The number of anilines is 1. The van der Waals surface area contributed by atoms with Gasteiger partial charge in [-0.1, -0.05) is 6.92 Å². The molecule has 0 aliphatic carbocycles. The van der Waals surface area contributed by atoms with E-state index in [-0.39, 0.29) is 5.91 Å². The SMILES string of the molecule is CCNc1ccc(C(=O)N(C)C(CC)CSC)c(C)c1. The van der Waals surface area contributed by atoms with Crippen LogP contribution in [0.1, 0.15) is 36.2 Å². The zero-order valence-electron chi connectivity index (χ0n) is 13.2. The summed E-state index contributed by atoms with van der Waals surface area (Å²) in [6, 6.07) is 6.25. The van der Waals surface area contributed by atoms with Gasteiger partial charge >= 0.3 is 0 Å². The molecule has 0 bridgehead atoms. The molecule has 0 aliphatic heterocycles. The Hall–Kier alpha value is -1.16. The third-order valence-electron chi connectivity index (χ3n) is 3.54. The van der Waals surface area contributed by atoms with Gasteiger partial charge in [0.25, 0.3) is 5.91 Å². The first-order valence-corrected chi connectivity index (χ1v) is 8.55. The molecule has 1 rings (SSSR count). The van der Waals surface area contributed by atoms with Crippen molar-refractivity contribution >= 4 is 23.4 Å². The fourth-order valence-electron chi connectivity index (χ4n) is 2.27. The summed E-state index contributed by atoms with van der Waals surface area (Å²) < 4.78 is 0. The van der Waals surface area contributed by atoms with Gasteiger partial charge in [0, 0.05) is 36.6 Å². The lowest BCUT2D eigenvalue weighted by molar-refractivity contribution is 0.0743. The predicted molar refractivity (Wildman–Crippen MR) is 89.9 cm³/mol. The molecule has 0 aliphatic rings. The summed E-state index contributed by atoms with van der Waals surface area (Å²) in [5.41, 5.74) is 2.90. The Labute approximate surface area is 127 Å². The predicted octanol–water partition coefficient (Wildman–Crippen LogP) is 3.64. The Morgan fingerprint density at radius 1 is 1.40 bits per heavy atom. The first-order valence-electron chi connectivity index (χ1n) is 7.15. The number of carbonyl (C=O) groups is 1. The summed E-state index contributed by atoms with van der Waals surface area (Å²) in [5, 5.41) is 3.27. The zero-order chi connectivity index (χ0) is 15.1. The molecule has 1 atom stereocenters. The first-order chi connectivity index (χ1) is 9.54. The highest BCUT2D eigenvalue weighted by atomic mass is 32.2. The van der Waals surface area contributed by atoms with E-state index in [1.807, 2.05) is 37.1 Å². The molecule has 1 aromatic rings. The molecule has 0 spiro atoms. The van der Waals surface area contributed by atoms with E-state index in [4.69, 9.17) is 0 Å². The minimum absolute atomic E-state index is 0.117. The van der Waals surface area contributed by atoms with Crippen molar-refractivity contribution in [3.05, 3.63) is 29.3 Å². The van der Waals surface area contributed by atoms with Gasteiger partial charge in [-0.25, -0.2) is 0 Å². The zero-order valence-corrected chi connectivity index (χ0v) is 14.0. The van der Waals surface area contributed by atoms with Gasteiger partial charge in [-0.15, -0.1) is 0 Å². The molecule has 112 valence electrons. The number of aryl methyl sites for hydroxylation is 1. The highest BCUT2D eigenvalue weighted by molar-refractivity contribution is 7.98. The van der Waals surface area contributed by atoms with E-state index in [1.54, 1.807) is 11.8 Å². The van der Waals surface area contributed by atoms with Crippen LogP contribution in [-0.2, 0) is 0 Å². The Kier molecular flexibility index (Phi) is 6.93. The van der Waals surface area contributed by atoms with Gasteiger partial charge in [-0.3, -0.25) is 4.79 Å². The van der Waals surface area contributed by atoms with Gasteiger partial charge in [0.1, 0.15) is 0 Å². The second-order valence-electron chi connectivity index (χ2n) is 4.99. The van der Waals surface area contributed by atoms with Crippen molar-refractivity contribution in [3.63, 3.8) is 0 Å². The number of amides is 1. The lowest BCUT2D eigenvalue weighted by atomic mass is 10.1. The Bertz CT molecular complexity index is 448. The third-order valence-corrected chi connectivity index (χ3v) is 4.25. The number of carbonyl (C=O) groups excluding carboxylic acids is 1. The summed E-state index contributed by atoms with van der Waals surface area (Å²) in [6.45, 7) is 7.08. The van der Waals surface area contributed by atoms with Crippen molar-refractivity contribution in [2.45, 2.75) is 33.2 Å². The Morgan fingerprint density at radius 3 is 2.60 bits per heavy atom. The Balaban J connectivity index is 2.90. The average molecular weight is 294 g/mol. The molecule has 1 aromatic carbocycles. The van der Waals surface area contributed by atoms with Crippen molar-refractivity contribution in [2.24, 2.45) is 0 Å². The number of rotatable bonds is 7. The molecule has 1 amide bonds. The summed E-state index contributed by atoms with van der Waals surface area (Å²) in [7, 11) is 1.91. The van der Waals surface area contributed by atoms with Gasteiger partial charge in [-0.2, -0.15) is 11.8 Å². The van der Waals surface area contributed by atoms with Gasteiger partial charge < -0.3 is 10.2 Å². The van der Waals surface area contributed by atoms with Crippen LogP contribution in [0, 0.1) is 6.92 Å². The minimum Gasteiger partial charge on any atom is -0.385 e. The Morgan fingerprint density at radius 2 is 2.10 bits per heavy atom. The number of hydrogen-bond acceptors (Lipinski definition) is 3. The second kappa shape index (κ2) is 8.20. The molecule has 0 radical (unpaired) electrons. The van der Waals surface area contributed by atoms with Crippen molar-refractivity contribution in [1.82, 2.24) is 4.90 Å². The van der Waals surface area contributed by atoms with Crippen LogP contribution in [0.15, 0.2) is 18.2 Å². The molecule has 0 heterocycles. The van der Waals surface area contributed by atoms with E-state index in [9.17, 15) is 4.79 Å². The van der Waals surface area contributed by atoms with Crippen LogP contribution in [0.4, 0.5) is 5.69 Å². The molecule has 0 aromatic heterocycles. The molecule has 0 fully saturated rings. The van der Waals surface area contributed by atoms with Gasteiger partial charge in [0.15, 0.2) is 0 Å². The topological polar surface area (TPSA) is 32.3 Å². The van der Waals surface area contributed by atoms with E-state index in [0.717, 1.165) is 35.5 Å². The smallest absolute Gasteiger partial charge is 0.254 e. The van der Waals surface area contributed by atoms with E-state index in [2.05, 4.69) is 25.4 Å². The van der Waals surface area contributed by atoms with E-state index in [1.165, 1.54) is 0 Å². The molecule has 0 saturated carbocycles. The summed E-state index contributed by atoms with van der Waals surface area (Å²) in [5.74, 6) is 1.10.